The SMILES string of the molecule is COc1ccc(C(NC(=S)N2CCC(n3c(=O)[nH]c4ccccc43)CC2)c2ccc(OC)cc2)cc1. The Morgan fingerprint density at radius 2 is 1.47 bits per heavy atom. The highest BCUT2D eigenvalue weighted by Gasteiger charge is 2.26. The summed E-state index contributed by atoms with van der Waals surface area (Å²) in [6.07, 6.45) is 1.69. The van der Waals surface area contributed by atoms with Crippen molar-refractivity contribution in [2.24, 2.45) is 0 Å². The number of thiocarbonyl (C=S) groups is 1. The lowest BCUT2D eigenvalue weighted by molar-refractivity contribution is 0.264. The minimum Gasteiger partial charge on any atom is -0.497 e. The van der Waals surface area contributed by atoms with Gasteiger partial charge in [-0.15, -0.1) is 0 Å². The van der Waals surface area contributed by atoms with Crippen LogP contribution in [-0.4, -0.2) is 46.9 Å². The summed E-state index contributed by atoms with van der Waals surface area (Å²) in [5.41, 5.74) is 3.96. The molecule has 1 fully saturated rings. The molecular formula is C28H30N4O3S. The van der Waals surface area contributed by atoms with Gasteiger partial charge in [0.15, 0.2) is 5.11 Å². The summed E-state index contributed by atoms with van der Waals surface area (Å²) in [6, 6.07) is 23.9. The third-order valence-corrected chi connectivity index (χ3v) is 7.28. The topological polar surface area (TPSA) is 71.5 Å². The lowest BCUT2D eigenvalue weighted by Gasteiger charge is -2.35. The summed E-state index contributed by atoms with van der Waals surface area (Å²) in [4.78, 5) is 17.8. The molecule has 0 aliphatic carbocycles. The van der Waals surface area contributed by atoms with Gasteiger partial charge in [0.05, 0.1) is 31.3 Å². The molecule has 0 atom stereocenters. The number of H-pyrrole nitrogens is 1. The van der Waals surface area contributed by atoms with Gasteiger partial charge in [-0.1, -0.05) is 36.4 Å². The van der Waals surface area contributed by atoms with Gasteiger partial charge in [-0.25, -0.2) is 4.79 Å². The van der Waals surface area contributed by atoms with Gasteiger partial charge in [-0.3, -0.25) is 4.57 Å². The summed E-state index contributed by atoms with van der Waals surface area (Å²) in [5.74, 6) is 1.62. The molecule has 1 aliphatic rings. The van der Waals surface area contributed by atoms with Crippen molar-refractivity contribution in [3.05, 3.63) is 94.4 Å². The van der Waals surface area contributed by atoms with E-state index in [1.54, 1.807) is 14.2 Å². The zero-order valence-corrected chi connectivity index (χ0v) is 21.3. The van der Waals surface area contributed by atoms with Crippen LogP contribution in [0.3, 0.4) is 0 Å². The monoisotopic (exact) mass is 502 g/mol. The lowest BCUT2D eigenvalue weighted by Crippen LogP contribution is -2.46. The predicted octanol–water partition coefficient (Wildman–Crippen LogP) is 4.65. The maximum Gasteiger partial charge on any atom is 0.326 e. The molecule has 186 valence electrons. The van der Waals surface area contributed by atoms with Gasteiger partial charge < -0.3 is 24.7 Å². The van der Waals surface area contributed by atoms with Crippen molar-refractivity contribution in [3.63, 3.8) is 0 Å². The van der Waals surface area contributed by atoms with E-state index in [-0.39, 0.29) is 17.8 Å². The van der Waals surface area contributed by atoms with Gasteiger partial charge in [0, 0.05) is 19.1 Å². The van der Waals surface area contributed by atoms with E-state index in [9.17, 15) is 4.79 Å². The number of piperidine rings is 1. The maximum absolute atomic E-state index is 12.6. The molecule has 1 aliphatic heterocycles. The summed E-state index contributed by atoms with van der Waals surface area (Å²) in [7, 11) is 3.33. The van der Waals surface area contributed by atoms with Crippen molar-refractivity contribution >= 4 is 28.4 Å². The predicted molar refractivity (Wildman–Crippen MR) is 146 cm³/mol. The van der Waals surface area contributed by atoms with E-state index in [0.717, 1.165) is 59.6 Å². The molecule has 0 unspecified atom stereocenters. The van der Waals surface area contributed by atoms with Crippen molar-refractivity contribution in [2.45, 2.75) is 24.9 Å². The Balaban J connectivity index is 1.32. The van der Waals surface area contributed by atoms with E-state index >= 15 is 0 Å². The van der Waals surface area contributed by atoms with Crippen LogP contribution in [0, 0.1) is 0 Å². The minimum atomic E-state index is -0.122. The number of ether oxygens (including phenoxy) is 2. The first-order chi connectivity index (χ1) is 17.6. The number of hydrogen-bond donors (Lipinski definition) is 2. The number of fused-ring (bicyclic) bond motifs is 1. The molecule has 7 nitrogen and oxygen atoms in total. The highest BCUT2D eigenvalue weighted by Crippen LogP contribution is 2.28. The number of nitrogens with zero attached hydrogens (tertiary/aromatic N) is 2. The molecule has 1 aromatic heterocycles. The third kappa shape index (κ3) is 4.81. The number of benzene rings is 3. The van der Waals surface area contributed by atoms with Crippen LogP contribution in [0.2, 0.25) is 0 Å². The highest BCUT2D eigenvalue weighted by molar-refractivity contribution is 7.80. The van der Waals surface area contributed by atoms with Gasteiger partial charge in [0.2, 0.25) is 0 Å². The second-order valence-corrected chi connectivity index (χ2v) is 9.35. The van der Waals surface area contributed by atoms with Crippen LogP contribution in [0.1, 0.15) is 36.1 Å². The number of imidazole rings is 1. The van der Waals surface area contributed by atoms with E-state index in [1.807, 2.05) is 53.1 Å². The Bertz CT molecular complexity index is 1340. The number of rotatable bonds is 6. The molecule has 8 heteroatoms. The zero-order chi connectivity index (χ0) is 25.1. The summed E-state index contributed by atoms with van der Waals surface area (Å²) in [5, 5.41) is 4.29. The van der Waals surface area contributed by atoms with Crippen molar-refractivity contribution in [1.29, 1.82) is 0 Å². The second kappa shape index (κ2) is 10.5. The summed E-state index contributed by atoms with van der Waals surface area (Å²) >= 11 is 5.88. The van der Waals surface area contributed by atoms with Gasteiger partial charge in [-0.05, 0) is 72.6 Å². The van der Waals surface area contributed by atoms with Crippen LogP contribution in [-0.2, 0) is 0 Å². The average Bonchev–Trinajstić information content (AvgIpc) is 3.27. The summed E-state index contributed by atoms with van der Waals surface area (Å²) in [6.45, 7) is 1.56. The Morgan fingerprint density at radius 3 is 2.03 bits per heavy atom. The Labute approximate surface area is 215 Å². The molecule has 0 spiro atoms. The molecule has 0 amide bonds. The molecule has 1 saturated heterocycles. The van der Waals surface area contributed by atoms with Gasteiger partial charge >= 0.3 is 5.69 Å². The first-order valence-electron chi connectivity index (χ1n) is 12.1. The number of likely N-dealkylation sites (tertiary alicyclic amines) is 1. The molecule has 2 N–H and O–H groups in total. The van der Waals surface area contributed by atoms with Gasteiger partial charge in [-0.2, -0.15) is 0 Å². The molecule has 4 aromatic rings. The molecule has 3 aromatic carbocycles. The van der Waals surface area contributed by atoms with E-state index in [1.165, 1.54) is 0 Å². The van der Waals surface area contributed by atoms with Crippen LogP contribution >= 0.6 is 12.2 Å². The minimum absolute atomic E-state index is 0.0468. The largest absolute Gasteiger partial charge is 0.497 e. The molecule has 36 heavy (non-hydrogen) atoms. The number of para-hydroxylation sites is 2. The number of aromatic amines is 1. The van der Waals surface area contributed by atoms with Crippen LogP contribution in [0.4, 0.5) is 0 Å². The van der Waals surface area contributed by atoms with E-state index in [0.29, 0.717) is 5.11 Å². The third-order valence-electron chi connectivity index (χ3n) is 6.91. The van der Waals surface area contributed by atoms with Crippen molar-refractivity contribution in [1.82, 2.24) is 19.8 Å². The van der Waals surface area contributed by atoms with Crippen LogP contribution in [0.25, 0.3) is 11.0 Å². The number of nitrogens with one attached hydrogen (secondary N) is 2. The normalized spacial score (nSPS) is 14.2. The highest BCUT2D eigenvalue weighted by atomic mass is 32.1. The fourth-order valence-electron chi connectivity index (χ4n) is 4.93. The van der Waals surface area contributed by atoms with Gasteiger partial charge in [0.1, 0.15) is 11.5 Å². The fraction of sp³-hybridized carbons (Fsp3) is 0.286. The van der Waals surface area contributed by atoms with Crippen LogP contribution in [0.15, 0.2) is 77.6 Å². The van der Waals surface area contributed by atoms with Crippen molar-refractivity contribution < 1.29 is 9.47 Å². The maximum atomic E-state index is 12.6. The van der Waals surface area contributed by atoms with Crippen LogP contribution in [0.5, 0.6) is 11.5 Å². The number of aromatic nitrogens is 2. The van der Waals surface area contributed by atoms with E-state index in [2.05, 4.69) is 39.5 Å². The second-order valence-electron chi connectivity index (χ2n) is 8.96. The standard InChI is InChI=1S/C28H30N4O3S/c1-34-22-11-7-19(8-12-22)26(20-9-13-23(35-2)14-10-20)30-28(36)31-17-15-21(16-18-31)32-25-6-4-3-5-24(25)29-27(32)33/h3-14,21,26H,15-18H2,1-2H3,(H,29,33)(H,30,36). The molecule has 0 bridgehead atoms. The number of hydrogen-bond acceptors (Lipinski definition) is 4. The van der Waals surface area contributed by atoms with Crippen molar-refractivity contribution in [2.75, 3.05) is 27.3 Å². The molecular weight excluding hydrogens is 472 g/mol. The molecule has 0 radical (unpaired) electrons. The Hall–Kier alpha value is -3.78. The lowest BCUT2D eigenvalue weighted by atomic mass is 9.98. The Morgan fingerprint density at radius 1 is 0.917 bits per heavy atom. The fourth-order valence-corrected chi connectivity index (χ4v) is 5.23. The summed E-state index contributed by atoms with van der Waals surface area (Å²) < 4.78 is 12.6. The van der Waals surface area contributed by atoms with Crippen molar-refractivity contribution in [3.8, 4) is 11.5 Å². The smallest absolute Gasteiger partial charge is 0.326 e. The van der Waals surface area contributed by atoms with Crippen LogP contribution < -0.4 is 20.5 Å². The first kappa shape index (κ1) is 23.9. The average molecular weight is 503 g/mol. The first-order valence-corrected chi connectivity index (χ1v) is 12.5. The quantitative estimate of drug-likeness (QED) is 0.374. The van der Waals surface area contributed by atoms with Gasteiger partial charge in [0.25, 0.3) is 0 Å². The molecule has 5 rings (SSSR count). The zero-order valence-electron chi connectivity index (χ0n) is 20.4. The molecule has 0 saturated carbocycles. The molecule has 2 heterocycles. The van der Waals surface area contributed by atoms with E-state index < -0.39 is 0 Å². The van der Waals surface area contributed by atoms with E-state index in [4.69, 9.17) is 21.7 Å². The Kier molecular flexibility index (Phi) is 6.95. The number of methoxy groups -OCH3 is 2.